The molecule has 0 saturated carbocycles. The van der Waals surface area contributed by atoms with Crippen LogP contribution in [0.3, 0.4) is 0 Å². The van der Waals surface area contributed by atoms with E-state index in [0.717, 1.165) is 18.7 Å². The van der Waals surface area contributed by atoms with Crippen molar-refractivity contribution in [3.63, 3.8) is 0 Å². The third kappa shape index (κ3) is 2.84. The van der Waals surface area contributed by atoms with E-state index in [2.05, 4.69) is 20.4 Å². The number of hydrogen-bond acceptors (Lipinski definition) is 5. The third-order valence-corrected chi connectivity index (χ3v) is 2.44. The van der Waals surface area contributed by atoms with Crippen molar-refractivity contribution in [3.8, 4) is 0 Å². The van der Waals surface area contributed by atoms with Crippen LogP contribution in [0, 0.1) is 10.1 Å². The van der Waals surface area contributed by atoms with Gasteiger partial charge in [-0.05, 0) is 6.42 Å². The minimum atomic E-state index is -0.443. The molecule has 96 valence electrons. The van der Waals surface area contributed by atoms with Crippen LogP contribution < -0.4 is 5.32 Å². The first-order valence-corrected chi connectivity index (χ1v) is 5.57. The largest absolute Gasteiger partial charge is 0.363 e. The molecule has 18 heavy (non-hydrogen) atoms. The Kier molecular flexibility index (Phi) is 3.56. The topological polar surface area (TPSA) is 102 Å². The van der Waals surface area contributed by atoms with E-state index in [4.69, 9.17) is 0 Å². The summed E-state index contributed by atoms with van der Waals surface area (Å²) in [6.07, 6.45) is 6.47. The summed E-state index contributed by atoms with van der Waals surface area (Å²) in [5.41, 5.74) is -0.00417. The van der Waals surface area contributed by atoms with Crippen molar-refractivity contribution < 1.29 is 4.92 Å². The highest BCUT2D eigenvalue weighted by Crippen LogP contribution is 2.21. The summed E-state index contributed by atoms with van der Waals surface area (Å²) in [6, 6.07) is 0. The molecule has 2 rings (SSSR count). The number of rotatable bonds is 6. The minimum absolute atomic E-state index is 0.00417. The molecule has 0 aliphatic heterocycles. The molecule has 0 radical (unpaired) electrons. The molecule has 2 aromatic heterocycles. The molecular weight excluding hydrogens is 236 g/mol. The van der Waals surface area contributed by atoms with Gasteiger partial charge in [0.05, 0.1) is 4.92 Å². The van der Waals surface area contributed by atoms with E-state index in [1.807, 2.05) is 0 Å². The summed E-state index contributed by atoms with van der Waals surface area (Å²) >= 11 is 0. The van der Waals surface area contributed by atoms with Gasteiger partial charge in [-0.3, -0.25) is 14.8 Å². The van der Waals surface area contributed by atoms with Crippen LogP contribution in [-0.2, 0) is 13.5 Å². The van der Waals surface area contributed by atoms with Gasteiger partial charge in [0.1, 0.15) is 12.0 Å². The number of aromatic amines is 1. The fraction of sp³-hybridized carbons (Fsp3) is 0.400. The number of nitro groups is 1. The molecule has 0 fully saturated rings. The van der Waals surface area contributed by atoms with Gasteiger partial charge in [0.2, 0.25) is 5.82 Å². The lowest BCUT2D eigenvalue weighted by Crippen LogP contribution is -2.06. The van der Waals surface area contributed by atoms with Crippen LogP contribution >= 0.6 is 0 Å². The zero-order valence-electron chi connectivity index (χ0n) is 9.96. The molecule has 2 N–H and O–H groups in total. The number of aryl methyl sites for hydroxylation is 2. The summed E-state index contributed by atoms with van der Waals surface area (Å²) in [6.45, 7) is 0.610. The van der Waals surface area contributed by atoms with E-state index in [1.165, 1.54) is 10.9 Å². The van der Waals surface area contributed by atoms with Crippen molar-refractivity contribution in [1.29, 1.82) is 0 Å². The van der Waals surface area contributed by atoms with Gasteiger partial charge in [0, 0.05) is 32.4 Å². The van der Waals surface area contributed by atoms with Crippen LogP contribution in [0.5, 0.6) is 0 Å². The number of anilines is 1. The molecule has 0 aliphatic carbocycles. The molecule has 0 aliphatic rings. The molecule has 0 aromatic carbocycles. The molecule has 2 heterocycles. The predicted molar refractivity (Wildman–Crippen MR) is 65.3 cm³/mol. The van der Waals surface area contributed by atoms with Crippen LogP contribution in [0.2, 0.25) is 0 Å². The summed E-state index contributed by atoms with van der Waals surface area (Å²) < 4.78 is 1.42. The van der Waals surface area contributed by atoms with Crippen molar-refractivity contribution in [1.82, 2.24) is 19.7 Å². The first-order chi connectivity index (χ1) is 8.66. The average Bonchev–Trinajstić information content (AvgIpc) is 2.93. The predicted octanol–water partition coefficient (Wildman–Crippen LogP) is 1.10. The van der Waals surface area contributed by atoms with Crippen LogP contribution in [0.1, 0.15) is 12.2 Å². The number of hydrogen-bond donors (Lipinski definition) is 2. The SMILES string of the molecule is Cn1cc([N+](=O)[O-])c(NCCCc2ncc[nH]2)n1. The lowest BCUT2D eigenvalue weighted by molar-refractivity contribution is -0.384. The zero-order valence-corrected chi connectivity index (χ0v) is 9.96. The molecule has 8 heteroatoms. The van der Waals surface area contributed by atoms with E-state index in [9.17, 15) is 10.1 Å². The molecule has 0 unspecified atom stereocenters. The average molecular weight is 250 g/mol. The summed E-state index contributed by atoms with van der Waals surface area (Å²) in [7, 11) is 1.65. The molecule has 0 spiro atoms. The Morgan fingerprint density at radius 3 is 3.11 bits per heavy atom. The molecule has 8 nitrogen and oxygen atoms in total. The molecule has 0 amide bonds. The van der Waals surface area contributed by atoms with Gasteiger partial charge >= 0.3 is 5.69 Å². The van der Waals surface area contributed by atoms with Crippen molar-refractivity contribution in [2.75, 3.05) is 11.9 Å². The smallest absolute Gasteiger partial charge is 0.330 e. The van der Waals surface area contributed by atoms with Crippen LogP contribution in [0.25, 0.3) is 0 Å². The van der Waals surface area contributed by atoms with Crippen molar-refractivity contribution in [3.05, 3.63) is 34.5 Å². The van der Waals surface area contributed by atoms with E-state index in [1.54, 1.807) is 19.4 Å². The Morgan fingerprint density at radius 1 is 1.61 bits per heavy atom. The number of aromatic nitrogens is 4. The van der Waals surface area contributed by atoms with Gasteiger partial charge in [-0.15, -0.1) is 5.10 Å². The molecule has 0 bridgehead atoms. The van der Waals surface area contributed by atoms with E-state index >= 15 is 0 Å². The van der Waals surface area contributed by atoms with E-state index in [-0.39, 0.29) is 5.69 Å². The van der Waals surface area contributed by atoms with Gasteiger partial charge in [-0.25, -0.2) is 4.98 Å². The molecule has 0 atom stereocenters. The number of nitrogens with zero attached hydrogens (tertiary/aromatic N) is 4. The van der Waals surface area contributed by atoms with Crippen LogP contribution in [0.4, 0.5) is 11.5 Å². The Hall–Kier alpha value is -2.38. The monoisotopic (exact) mass is 250 g/mol. The Balaban J connectivity index is 1.84. The van der Waals surface area contributed by atoms with Crippen molar-refractivity contribution in [2.45, 2.75) is 12.8 Å². The Morgan fingerprint density at radius 2 is 2.44 bits per heavy atom. The van der Waals surface area contributed by atoms with Gasteiger partial charge in [0.25, 0.3) is 0 Å². The van der Waals surface area contributed by atoms with Gasteiger partial charge < -0.3 is 10.3 Å². The zero-order chi connectivity index (χ0) is 13.0. The maximum absolute atomic E-state index is 10.8. The second-order valence-corrected chi connectivity index (χ2v) is 3.86. The van der Waals surface area contributed by atoms with E-state index < -0.39 is 4.92 Å². The molecule has 0 saturated heterocycles. The Labute approximate surface area is 103 Å². The minimum Gasteiger partial charge on any atom is -0.363 e. The first-order valence-electron chi connectivity index (χ1n) is 5.57. The maximum Gasteiger partial charge on any atom is 0.330 e. The van der Waals surface area contributed by atoms with Crippen LogP contribution in [-0.4, -0.2) is 31.2 Å². The molecular formula is C10H14N6O2. The summed E-state index contributed by atoms with van der Waals surface area (Å²) in [5.74, 6) is 1.22. The normalized spacial score (nSPS) is 10.5. The second kappa shape index (κ2) is 5.30. The van der Waals surface area contributed by atoms with Gasteiger partial charge in [0.15, 0.2) is 0 Å². The quantitative estimate of drug-likeness (QED) is 0.454. The summed E-state index contributed by atoms with van der Waals surface area (Å²) in [5, 5.41) is 17.7. The first kappa shape index (κ1) is 12.1. The Bertz CT molecular complexity index is 518. The van der Waals surface area contributed by atoms with Crippen molar-refractivity contribution in [2.24, 2.45) is 7.05 Å². The van der Waals surface area contributed by atoms with E-state index in [0.29, 0.717) is 12.4 Å². The van der Waals surface area contributed by atoms with Crippen molar-refractivity contribution >= 4 is 11.5 Å². The van der Waals surface area contributed by atoms with Gasteiger partial charge in [-0.2, -0.15) is 0 Å². The maximum atomic E-state index is 10.8. The number of H-pyrrole nitrogens is 1. The lowest BCUT2D eigenvalue weighted by atomic mass is 10.3. The lowest BCUT2D eigenvalue weighted by Gasteiger charge is -2.01. The summed E-state index contributed by atoms with van der Waals surface area (Å²) in [4.78, 5) is 17.4. The fourth-order valence-electron chi connectivity index (χ4n) is 1.63. The highest BCUT2D eigenvalue weighted by molar-refractivity contribution is 5.54. The highest BCUT2D eigenvalue weighted by Gasteiger charge is 2.17. The van der Waals surface area contributed by atoms with Gasteiger partial charge in [-0.1, -0.05) is 0 Å². The third-order valence-electron chi connectivity index (χ3n) is 2.44. The fourth-order valence-corrected chi connectivity index (χ4v) is 1.63. The standard InChI is InChI=1S/C10H14N6O2/c1-15-7-8(16(17)18)10(14-15)13-4-2-3-9-11-5-6-12-9/h5-7H,2-4H2,1H3,(H,11,12)(H,13,14). The number of imidazole rings is 1. The second-order valence-electron chi connectivity index (χ2n) is 3.86. The highest BCUT2D eigenvalue weighted by atomic mass is 16.6. The van der Waals surface area contributed by atoms with Crippen LogP contribution in [0.15, 0.2) is 18.6 Å². The number of nitrogens with one attached hydrogen (secondary N) is 2. The molecule has 2 aromatic rings.